The van der Waals surface area contributed by atoms with E-state index in [-0.39, 0.29) is 30.5 Å². The van der Waals surface area contributed by atoms with Crippen molar-refractivity contribution in [3.05, 3.63) is 75.5 Å². The van der Waals surface area contributed by atoms with Gasteiger partial charge >= 0.3 is 0 Å². The van der Waals surface area contributed by atoms with Crippen molar-refractivity contribution in [1.82, 2.24) is 10.5 Å². The molecule has 38 heavy (non-hydrogen) atoms. The Morgan fingerprint density at radius 3 is 2.18 bits per heavy atom. The first-order chi connectivity index (χ1) is 17.8. The Morgan fingerprint density at radius 2 is 1.63 bits per heavy atom. The van der Waals surface area contributed by atoms with Gasteiger partial charge in [0.2, 0.25) is 17.7 Å². The second-order valence-corrected chi connectivity index (χ2v) is 11.0. The highest BCUT2D eigenvalue weighted by Crippen LogP contribution is 2.37. The number of aromatic nitrogens is 1. The maximum atomic E-state index is 14.0. The fourth-order valence-corrected chi connectivity index (χ4v) is 4.69. The van der Waals surface area contributed by atoms with E-state index in [1.165, 1.54) is 4.90 Å². The summed E-state index contributed by atoms with van der Waals surface area (Å²) in [6, 6.07) is 11.5. The van der Waals surface area contributed by atoms with Crippen molar-refractivity contribution in [2.75, 3.05) is 10.2 Å². The number of aryl methyl sites for hydroxylation is 4. The third-order valence-electron chi connectivity index (χ3n) is 5.81. The molecular formula is C29H35ClN4O4. The van der Waals surface area contributed by atoms with Gasteiger partial charge < -0.3 is 15.2 Å². The van der Waals surface area contributed by atoms with Crippen LogP contribution < -0.4 is 15.5 Å². The Bertz CT molecular complexity index is 1320. The van der Waals surface area contributed by atoms with Gasteiger partial charge in [0.05, 0.1) is 5.69 Å². The van der Waals surface area contributed by atoms with E-state index < -0.39 is 17.5 Å². The number of nitrogens with one attached hydrogen (secondary N) is 2. The minimum atomic E-state index is -1.06. The number of hydrogen-bond donors (Lipinski definition) is 2. The summed E-state index contributed by atoms with van der Waals surface area (Å²) in [6.07, 6.45) is -0.250. The summed E-state index contributed by atoms with van der Waals surface area (Å²) in [5.41, 5.74) is 3.25. The average molecular weight is 539 g/mol. The maximum absolute atomic E-state index is 14.0. The van der Waals surface area contributed by atoms with Crippen LogP contribution >= 0.6 is 11.6 Å². The fraction of sp³-hybridized carbons (Fsp3) is 0.379. The molecule has 1 aromatic heterocycles. The summed E-state index contributed by atoms with van der Waals surface area (Å²) in [6.45, 7) is 13.1. The number of amides is 3. The van der Waals surface area contributed by atoms with Crippen molar-refractivity contribution in [3.8, 4) is 0 Å². The van der Waals surface area contributed by atoms with E-state index in [1.54, 1.807) is 37.3 Å². The molecule has 0 aliphatic heterocycles. The molecule has 202 valence electrons. The molecule has 3 amide bonds. The Kier molecular flexibility index (Phi) is 8.99. The third kappa shape index (κ3) is 7.22. The molecule has 8 nitrogen and oxygen atoms in total. The topological polar surface area (TPSA) is 105 Å². The molecule has 0 saturated carbocycles. The van der Waals surface area contributed by atoms with Crippen LogP contribution in [0.4, 0.5) is 11.5 Å². The summed E-state index contributed by atoms with van der Waals surface area (Å²) in [7, 11) is 0. The van der Waals surface area contributed by atoms with Crippen molar-refractivity contribution in [1.29, 1.82) is 0 Å². The highest BCUT2D eigenvalue weighted by molar-refractivity contribution is 6.31. The van der Waals surface area contributed by atoms with Gasteiger partial charge in [-0.05, 0) is 65.7 Å². The zero-order chi connectivity index (χ0) is 28.2. The highest BCUT2D eigenvalue weighted by Gasteiger charge is 2.37. The van der Waals surface area contributed by atoms with Gasteiger partial charge in [-0.25, -0.2) is 0 Å². The lowest BCUT2D eigenvalue weighted by atomic mass is 9.97. The number of benzene rings is 2. The lowest BCUT2D eigenvalue weighted by Gasteiger charge is -2.36. The van der Waals surface area contributed by atoms with E-state index >= 15 is 0 Å². The zero-order valence-corrected chi connectivity index (χ0v) is 23.7. The second-order valence-electron chi connectivity index (χ2n) is 10.5. The Labute approximate surface area is 228 Å². The van der Waals surface area contributed by atoms with Gasteiger partial charge in [-0.1, -0.05) is 52.7 Å². The number of hydrogen-bond acceptors (Lipinski definition) is 5. The van der Waals surface area contributed by atoms with E-state index in [1.807, 2.05) is 53.7 Å². The average Bonchev–Trinajstić information content (AvgIpc) is 3.20. The van der Waals surface area contributed by atoms with Gasteiger partial charge in [0, 0.05) is 35.0 Å². The number of rotatable bonds is 8. The number of carbonyl (C=O) groups is 3. The lowest BCUT2D eigenvalue weighted by molar-refractivity contribution is -0.128. The van der Waals surface area contributed by atoms with E-state index in [9.17, 15) is 14.4 Å². The predicted molar refractivity (Wildman–Crippen MR) is 149 cm³/mol. The fourth-order valence-electron chi connectivity index (χ4n) is 4.45. The molecule has 0 aliphatic carbocycles. The Balaban J connectivity index is 2.06. The number of carbonyl (C=O) groups excluding carboxylic acids is 3. The van der Waals surface area contributed by atoms with Crippen LogP contribution in [0.1, 0.15) is 67.7 Å². The second kappa shape index (κ2) is 11.8. The predicted octanol–water partition coefficient (Wildman–Crippen LogP) is 5.97. The van der Waals surface area contributed by atoms with Gasteiger partial charge in [0.15, 0.2) is 5.82 Å². The Hall–Kier alpha value is -3.65. The first kappa shape index (κ1) is 28.9. The molecular weight excluding hydrogens is 504 g/mol. The van der Waals surface area contributed by atoms with Crippen molar-refractivity contribution in [3.63, 3.8) is 0 Å². The third-order valence-corrected chi connectivity index (χ3v) is 6.16. The van der Waals surface area contributed by atoms with Gasteiger partial charge in [-0.2, -0.15) is 0 Å². The summed E-state index contributed by atoms with van der Waals surface area (Å²) in [4.78, 5) is 41.9. The summed E-state index contributed by atoms with van der Waals surface area (Å²) in [5, 5.41) is 9.77. The first-order valence-corrected chi connectivity index (χ1v) is 12.8. The molecule has 1 atom stereocenters. The highest BCUT2D eigenvalue weighted by atomic mass is 35.5. The molecule has 0 spiro atoms. The first-order valence-electron chi connectivity index (χ1n) is 12.5. The van der Waals surface area contributed by atoms with Crippen LogP contribution in [0.25, 0.3) is 0 Å². The molecule has 0 bridgehead atoms. The molecule has 2 N–H and O–H groups in total. The van der Waals surface area contributed by atoms with E-state index in [4.69, 9.17) is 16.1 Å². The van der Waals surface area contributed by atoms with Crippen molar-refractivity contribution in [2.24, 2.45) is 0 Å². The molecule has 0 aliphatic rings. The van der Waals surface area contributed by atoms with Gasteiger partial charge in [0.1, 0.15) is 11.8 Å². The molecule has 9 heteroatoms. The quantitative estimate of drug-likeness (QED) is 0.367. The van der Waals surface area contributed by atoms with E-state index in [0.29, 0.717) is 22.0 Å². The van der Waals surface area contributed by atoms with Crippen LogP contribution in [-0.2, 0) is 14.4 Å². The summed E-state index contributed by atoms with van der Waals surface area (Å²) < 4.78 is 4.98. The van der Waals surface area contributed by atoms with Gasteiger partial charge in [-0.15, -0.1) is 0 Å². The van der Waals surface area contributed by atoms with Gasteiger partial charge in [0.25, 0.3) is 0 Å². The van der Waals surface area contributed by atoms with Crippen LogP contribution in [0.15, 0.2) is 47.0 Å². The van der Waals surface area contributed by atoms with Crippen molar-refractivity contribution < 1.29 is 18.9 Å². The minimum absolute atomic E-state index is 0.110. The Morgan fingerprint density at radius 1 is 1.00 bits per heavy atom. The molecule has 0 radical (unpaired) electrons. The normalized spacial score (nSPS) is 12.1. The minimum Gasteiger partial charge on any atom is -0.360 e. The summed E-state index contributed by atoms with van der Waals surface area (Å²) in [5.74, 6) is -0.320. The zero-order valence-electron chi connectivity index (χ0n) is 22.9. The van der Waals surface area contributed by atoms with Crippen LogP contribution in [0.2, 0.25) is 5.02 Å². The molecule has 3 rings (SSSR count). The van der Waals surface area contributed by atoms with Crippen LogP contribution in [0.5, 0.6) is 0 Å². The van der Waals surface area contributed by atoms with Crippen molar-refractivity contribution in [2.45, 2.75) is 72.9 Å². The SMILES string of the molecule is Cc1cc(C)c(N(C(=O)CCC(=O)Nc2cc(C)on2)[C@@H](C(=O)NC(C)(C)C)c2ccccc2Cl)c(C)c1. The maximum Gasteiger partial charge on any atom is 0.248 e. The number of halogens is 1. The summed E-state index contributed by atoms with van der Waals surface area (Å²) >= 11 is 6.60. The van der Waals surface area contributed by atoms with E-state index in [2.05, 4.69) is 15.8 Å². The molecule has 2 aromatic carbocycles. The van der Waals surface area contributed by atoms with E-state index in [0.717, 1.165) is 16.7 Å². The van der Waals surface area contributed by atoms with Crippen LogP contribution in [0, 0.1) is 27.7 Å². The van der Waals surface area contributed by atoms with Crippen LogP contribution in [0.3, 0.4) is 0 Å². The molecule has 3 aromatic rings. The lowest BCUT2D eigenvalue weighted by Crippen LogP contribution is -2.50. The standard InChI is InChI=1S/C29H35ClN4O4/c1-17-14-18(2)26(19(3)15-17)34(25(36)13-12-24(35)31-23-16-20(4)38-33-23)27(28(37)32-29(5,6)7)21-10-8-9-11-22(21)30/h8-11,14-16,27H,12-13H2,1-7H3,(H,32,37)(H,31,33,35)/t27-/m1/s1. The van der Waals surface area contributed by atoms with Crippen molar-refractivity contribution >= 4 is 40.8 Å². The molecule has 0 fully saturated rings. The van der Waals surface area contributed by atoms with Crippen LogP contribution in [-0.4, -0.2) is 28.4 Å². The molecule has 0 saturated heterocycles. The molecule has 0 unspecified atom stereocenters. The number of anilines is 2. The van der Waals surface area contributed by atoms with Gasteiger partial charge in [-0.3, -0.25) is 19.3 Å². The molecule has 1 heterocycles. The monoisotopic (exact) mass is 538 g/mol. The smallest absolute Gasteiger partial charge is 0.248 e. The largest absolute Gasteiger partial charge is 0.360 e. The number of nitrogens with zero attached hydrogens (tertiary/aromatic N) is 2.